The van der Waals surface area contributed by atoms with Gasteiger partial charge in [-0.2, -0.15) is 13.2 Å². The molecule has 0 atom stereocenters. The molecule has 2 rings (SSSR count). The molecule has 1 saturated heterocycles. The van der Waals surface area contributed by atoms with Crippen LogP contribution in [0.3, 0.4) is 0 Å². The van der Waals surface area contributed by atoms with Gasteiger partial charge in [0.2, 0.25) is 10.0 Å². The van der Waals surface area contributed by atoms with Gasteiger partial charge in [-0.1, -0.05) is 18.2 Å². The van der Waals surface area contributed by atoms with Gasteiger partial charge in [-0.05, 0) is 25.5 Å². The largest absolute Gasteiger partial charge is 0.416 e. The average molecular weight is 577 g/mol. The summed E-state index contributed by atoms with van der Waals surface area (Å²) in [6.07, 6.45) is -3.22. The average Bonchev–Trinajstić information content (AvgIpc) is 2.61. The van der Waals surface area contributed by atoms with Gasteiger partial charge in [0, 0.05) is 51.9 Å². The van der Waals surface area contributed by atoms with Gasteiger partial charge >= 0.3 is 6.18 Å². The molecule has 0 unspecified atom stereocenters. The number of sulfonamides is 1. The lowest BCUT2D eigenvalue weighted by molar-refractivity contribution is -0.137. The Labute approximate surface area is 199 Å². The SMILES string of the molecule is CN=C(NCC(C)(C)NS(C)(=O)=O)N1CCN(Cc2cccc(C(F)(F)F)c2)CC1.I. The van der Waals surface area contributed by atoms with Gasteiger partial charge in [0.15, 0.2) is 5.96 Å². The predicted octanol–water partition coefficient (Wildman–Crippen LogP) is 2.34. The summed E-state index contributed by atoms with van der Waals surface area (Å²) in [5.74, 6) is 0.664. The molecule has 0 radical (unpaired) electrons. The van der Waals surface area contributed by atoms with E-state index < -0.39 is 27.3 Å². The number of hydrogen-bond donors (Lipinski definition) is 2. The zero-order valence-electron chi connectivity index (χ0n) is 18.2. The van der Waals surface area contributed by atoms with Crippen molar-refractivity contribution >= 4 is 40.0 Å². The van der Waals surface area contributed by atoms with Crippen LogP contribution in [0.25, 0.3) is 0 Å². The molecule has 31 heavy (non-hydrogen) atoms. The fourth-order valence-corrected chi connectivity index (χ4v) is 4.47. The van der Waals surface area contributed by atoms with Crippen LogP contribution in [0.4, 0.5) is 13.2 Å². The van der Waals surface area contributed by atoms with Crippen LogP contribution in [-0.4, -0.2) is 75.7 Å². The number of hydrogen-bond acceptors (Lipinski definition) is 4. The van der Waals surface area contributed by atoms with E-state index in [0.717, 1.165) is 12.3 Å². The third-order valence-corrected chi connectivity index (χ3v) is 5.62. The van der Waals surface area contributed by atoms with E-state index in [0.29, 0.717) is 50.8 Å². The van der Waals surface area contributed by atoms with Gasteiger partial charge in [-0.3, -0.25) is 9.89 Å². The lowest BCUT2D eigenvalue weighted by Gasteiger charge is -2.37. The van der Waals surface area contributed by atoms with Gasteiger partial charge in [0.25, 0.3) is 0 Å². The molecule has 0 aliphatic carbocycles. The van der Waals surface area contributed by atoms with Crippen molar-refractivity contribution < 1.29 is 21.6 Å². The van der Waals surface area contributed by atoms with Crippen LogP contribution in [0, 0.1) is 0 Å². The maximum Gasteiger partial charge on any atom is 0.416 e. The minimum Gasteiger partial charge on any atom is -0.354 e. The quantitative estimate of drug-likeness (QED) is 0.309. The minimum atomic E-state index is -4.34. The smallest absolute Gasteiger partial charge is 0.354 e. The molecule has 1 aliphatic heterocycles. The molecular weight excluding hydrogens is 546 g/mol. The Kier molecular flexibility index (Phi) is 10.0. The zero-order valence-corrected chi connectivity index (χ0v) is 21.3. The van der Waals surface area contributed by atoms with E-state index >= 15 is 0 Å². The Bertz CT molecular complexity index is 854. The molecule has 0 bridgehead atoms. The van der Waals surface area contributed by atoms with E-state index in [4.69, 9.17) is 0 Å². The molecule has 1 fully saturated rings. The zero-order chi connectivity index (χ0) is 22.6. The highest BCUT2D eigenvalue weighted by Crippen LogP contribution is 2.29. The molecule has 12 heteroatoms. The van der Waals surface area contributed by atoms with Crippen LogP contribution in [0.5, 0.6) is 0 Å². The van der Waals surface area contributed by atoms with Crippen molar-refractivity contribution in [3.63, 3.8) is 0 Å². The summed E-state index contributed by atoms with van der Waals surface area (Å²) in [4.78, 5) is 8.43. The summed E-state index contributed by atoms with van der Waals surface area (Å²) in [6, 6.07) is 5.42. The molecular formula is C19H31F3IN5O2S. The molecule has 0 saturated carbocycles. The van der Waals surface area contributed by atoms with E-state index in [1.54, 1.807) is 27.0 Å². The van der Waals surface area contributed by atoms with E-state index in [9.17, 15) is 21.6 Å². The molecule has 178 valence electrons. The van der Waals surface area contributed by atoms with Gasteiger partial charge in [0.1, 0.15) is 0 Å². The highest BCUT2D eigenvalue weighted by molar-refractivity contribution is 14.0. The van der Waals surface area contributed by atoms with Gasteiger partial charge < -0.3 is 10.2 Å². The van der Waals surface area contributed by atoms with Crippen LogP contribution < -0.4 is 10.0 Å². The first-order chi connectivity index (χ1) is 13.8. The van der Waals surface area contributed by atoms with E-state index in [1.165, 1.54) is 12.1 Å². The second-order valence-electron chi connectivity index (χ2n) is 8.12. The lowest BCUT2D eigenvalue weighted by Crippen LogP contribution is -2.56. The number of aliphatic imine (C=N–C) groups is 1. The summed E-state index contributed by atoms with van der Waals surface area (Å²) < 4.78 is 64.2. The number of alkyl halides is 3. The van der Waals surface area contributed by atoms with Crippen molar-refractivity contribution in [3.8, 4) is 0 Å². The number of rotatable bonds is 6. The fourth-order valence-electron chi connectivity index (χ4n) is 3.39. The Hall–Kier alpha value is -1.12. The van der Waals surface area contributed by atoms with E-state index in [1.807, 2.05) is 0 Å². The summed E-state index contributed by atoms with van der Waals surface area (Å²) in [5, 5.41) is 3.20. The Morgan fingerprint density at radius 1 is 1.16 bits per heavy atom. The van der Waals surface area contributed by atoms with Crippen molar-refractivity contribution in [2.45, 2.75) is 32.1 Å². The van der Waals surface area contributed by atoms with Crippen LogP contribution in [-0.2, 0) is 22.7 Å². The van der Waals surface area contributed by atoms with Crippen molar-refractivity contribution in [1.82, 2.24) is 19.8 Å². The number of nitrogens with zero attached hydrogens (tertiary/aromatic N) is 3. The molecule has 0 amide bonds. The summed E-state index contributed by atoms with van der Waals surface area (Å²) in [5.41, 5.74) is -0.683. The van der Waals surface area contributed by atoms with Crippen LogP contribution in [0.1, 0.15) is 25.0 Å². The molecule has 1 aromatic rings. The highest BCUT2D eigenvalue weighted by Gasteiger charge is 2.30. The van der Waals surface area contributed by atoms with Crippen molar-refractivity contribution in [2.24, 2.45) is 4.99 Å². The maximum atomic E-state index is 12.9. The molecule has 0 spiro atoms. The standard InChI is InChI=1S/C19H30F3N5O2S.HI/c1-18(2,25-30(4,28)29)14-24-17(23-3)27-10-8-26(9-11-27)13-15-6-5-7-16(12-15)19(20,21)22;/h5-7,12,25H,8-11,13-14H2,1-4H3,(H,23,24);1H. The van der Waals surface area contributed by atoms with Gasteiger partial charge in [-0.25, -0.2) is 13.1 Å². The third-order valence-electron chi connectivity index (χ3n) is 4.69. The van der Waals surface area contributed by atoms with Crippen LogP contribution in [0.2, 0.25) is 0 Å². The van der Waals surface area contributed by atoms with Crippen LogP contribution in [0.15, 0.2) is 29.3 Å². The summed E-state index contributed by atoms with van der Waals surface area (Å²) in [6.45, 7) is 7.07. The van der Waals surface area contributed by atoms with Crippen molar-refractivity contribution in [3.05, 3.63) is 35.4 Å². The van der Waals surface area contributed by atoms with Crippen LogP contribution >= 0.6 is 24.0 Å². The fraction of sp³-hybridized carbons (Fsp3) is 0.632. The Morgan fingerprint density at radius 2 is 1.77 bits per heavy atom. The normalized spacial score (nSPS) is 16.7. The highest BCUT2D eigenvalue weighted by atomic mass is 127. The summed E-state index contributed by atoms with van der Waals surface area (Å²) in [7, 11) is -1.67. The van der Waals surface area contributed by atoms with E-state index in [-0.39, 0.29) is 24.0 Å². The number of nitrogens with one attached hydrogen (secondary N) is 2. The molecule has 2 N–H and O–H groups in total. The topological polar surface area (TPSA) is 77.0 Å². The Morgan fingerprint density at radius 3 is 2.29 bits per heavy atom. The number of halogens is 4. The molecule has 1 aliphatic rings. The maximum absolute atomic E-state index is 12.9. The first kappa shape index (κ1) is 27.9. The number of guanidine groups is 1. The number of benzene rings is 1. The summed E-state index contributed by atoms with van der Waals surface area (Å²) >= 11 is 0. The van der Waals surface area contributed by atoms with Gasteiger partial charge in [0.05, 0.1) is 11.8 Å². The second-order valence-corrected chi connectivity index (χ2v) is 9.87. The van der Waals surface area contributed by atoms with Crippen molar-refractivity contribution in [2.75, 3.05) is 46.0 Å². The molecule has 1 aromatic carbocycles. The lowest BCUT2D eigenvalue weighted by atomic mass is 10.1. The van der Waals surface area contributed by atoms with Gasteiger partial charge in [-0.15, -0.1) is 24.0 Å². The molecule has 0 aromatic heterocycles. The first-order valence-electron chi connectivity index (χ1n) is 9.62. The molecule has 7 nitrogen and oxygen atoms in total. The monoisotopic (exact) mass is 577 g/mol. The minimum absolute atomic E-state index is 0. The second kappa shape index (κ2) is 11.1. The predicted molar refractivity (Wildman–Crippen MR) is 127 cm³/mol. The van der Waals surface area contributed by atoms with E-state index in [2.05, 4.69) is 24.8 Å². The Balaban J connectivity index is 0.00000480. The first-order valence-corrected chi connectivity index (χ1v) is 11.5. The molecule has 1 heterocycles. The van der Waals surface area contributed by atoms with Crippen molar-refractivity contribution in [1.29, 1.82) is 0 Å². The third kappa shape index (κ3) is 9.49. The number of piperazine rings is 1.